The maximum absolute atomic E-state index is 11.8. The lowest BCUT2D eigenvalue weighted by Crippen LogP contribution is -2.54. The van der Waals surface area contributed by atoms with Crippen LogP contribution >= 0.6 is 0 Å². The molecule has 0 amide bonds. The van der Waals surface area contributed by atoms with Crippen LogP contribution in [0.15, 0.2) is 0 Å². The monoisotopic (exact) mass is 220 g/mol. The van der Waals surface area contributed by atoms with Gasteiger partial charge in [-0.2, -0.15) is 0 Å². The first-order chi connectivity index (χ1) is 6.40. The van der Waals surface area contributed by atoms with E-state index in [4.69, 9.17) is 0 Å². The summed E-state index contributed by atoms with van der Waals surface area (Å²) in [4.78, 5) is 0. The summed E-state index contributed by atoms with van der Waals surface area (Å²) in [5, 5.41) is 2.51. The van der Waals surface area contributed by atoms with Crippen molar-refractivity contribution in [3.05, 3.63) is 0 Å². The van der Waals surface area contributed by atoms with Crippen LogP contribution in [-0.4, -0.2) is 32.8 Å². The molecule has 0 radical (unpaired) electrons. The molecular formula is C9H20N2O2S. The van der Waals surface area contributed by atoms with Gasteiger partial charge < -0.3 is 5.32 Å². The summed E-state index contributed by atoms with van der Waals surface area (Å²) < 4.78 is 26.3. The van der Waals surface area contributed by atoms with E-state index in [2.05, 4.69) is 10.0 Å². The van der Waals surface area contributed by atoms with E-state index in [1.54, 1.807) is 14.0 Å². The van der Waals surface area contributed by atoms with E-state index in [0.29, 0.717) is 6.54 Å². The lowest BCUT2D eigenvalue weighted by Gasteiger charge is -2.39. The van der Waals surface area contributed by atoms with Crippen molar-refractivity contribution in [2.45, 2.75) is 43.9 Å². The summed E-state index contributed by atoms with van der Waals surface area (Å²) in [6.07, 6.45) is 3.04. The standard InChI is InChI=1S/C9H20N2O2S/c1-8(7-10-3)14(12,13)11-9(2)5-4-6-9/h8,10-11H,4-7H2,1-3H3. The van der Waals surface area contributed by atoms with Crippen LogP contribution in [0.4, 0.5) is 0 Å². The van der Waals surface area contributed by atoms with Gasteiger partial charge in [0.1, 0.15) is 0 Å². The summed E-state index contributed by atoms with van der Waals surface area (Å²) >= 11 is 0. The molecule has 1 aliphatic carbocycles. The molecule has 1 fully saturated rings. The molecule has 1 saturated carbocycles. The third-order valence-corrected chi connectivity index (χ3v) is 4.87. The topological polar surface area (TPSA) is 58.2 Å². The molecule has 0 spiro atoms. The first kappa shape index (κ1) is 11.9. The average Bonchev–Trinajstić information content (AvgIpc) is 2.01. The molecule has 0 aromatic heterocycles. The van der Waals surface area contributed by atoms with E-state index in [9.17, 15) is 8.42 Å². The minimum absolute atomic E-state index is 0.180. The second-order valence-electron chi connectivity index (χ2n) is 4.43. The van der Waals surface area contributed by atoms with Crippen LogP contribution in [-0.2, 0) is 10.0 Å². The molecule has 0 aromatic carbocycles. The SMILES string of the molecule is CNCC(C)S(=O)(=O)NC1(C)CCC1. The average molecular weight is 220 g/mol. The number of hydrogen-bond acceptors (Lipinski definition) is 3. The largest absolute Gasteiger partial charge is 0.318 e. The van der Waals surface area contributed by atoms with Gasteiger partial charge in [-0.3, -0.25) is 0 Å². The van der Waals surface area contributed by atoms with Gasteiger partial charge in [0.25, 0.3) is 0 Å². The summed E-state index contributed by atoms with van der Waals surface area (Å²) in [7, 11) is -1.39. The summed E-state index contributed by atoms with van der Waals surface area (Å²) in [5.74, 6) is 0. The van der Waals surface area contributed by atoms with Crippen LogP contribution in [0, 0.1) is 0 Å². The van der Waals surface area contributed by atoms with Gasteiger partial charge in [0.2, 0.25) is 10.0 Å². The third kappa shape index (κ3) is 2.68. The lowest BCUT2D eigenvalue weighted by atomic mass is 9.80. The Morgan fingerprint density at radius 3 is 2.36 bits per heavy atom. The van der Waals surface area contributed by atoms with Crippen molar-refractivity contribution in [1.82, 2.24) is 10.0 Å². The van der Waals surface area contributed by atoms with Crippen LogP contribution in [0.25, 0.3) is 0 Å². The van der Waals surface area contributed by atoms with Crippen LogP contribution in [0.1, 0.15) is 33.1 Å². The highest BCUT2D eigenvalue weighted by molar-refractivity contribution is 7.90. The number of hydrogen-bond donors (Lipinski definition) is 2. The molecule has 0 heterocycles. The summed E-state index contributed by atoms with van der Waals surface area (Å²) in [6, 6.07) is 0. The van der Waals surface area contributed by atoms with Crippen LogP contribution in [0.5, 0.6) is 0 Å². The van der Waals surface area contributed by atoms with E-state index in [0.717, 1.165) is 19.3 Å². The quantitative estimate of drug-likeness (QED) is 0.707. The Kier molecular flexibility index (Phi) is 3.55. The van der Waals surface area contributed by atoms with E-state index in [1.807, 2.05) is 6.92 Å². The molecule has 4 nitrogen and oxygen atoms in total. The fraction of sp³-hybridized carbons (Fsp3) is 1.00. The Bertz CT molecular complexity index is 283. The number of sulfonamides is 1. The Morgan fingerprint density at radius 2 is 2.00 bits per heavy atom. The van der Waals surface area contributed by atoms with Crippen LogP contribution in [0.2, 0.25) is 0 Å². The molecule has 1 aliphatic rings. The van der Waals surface area contributed by atoms with Gasteiger partial charge in [-0.05, 0) is 40.2 Å². The van der Waals surface area contributed by atoms with Crippen molar-refractivity contribution < 1.29 is 8.42 Å². The van der Waals surface area contributed by atoms with E-state index in [-0.39, 0.29) is 10.8 Å². The second kappa shape index (κ2) is 4.16. The van der Waals surface area contributed by atoms with Crippen molar-refractivity contribution in [3.63, 3.8) is 0 Å². The van der Waals surface area contributed by atoms with Crippen molar-refractivity contribution in [2.75, 3.05) is 13.6 Å². The minimum Gasteiger partial charge on any atom is -0.318 e. The summed E-state index contributed by atoms with van der Waals surface area (Å²) in [5.41, 5.74) is -0.180. The first-order valence-corrected chi connectivity index (χ1v) is 6.62. The Labute approximate surface area is 86.5 Å². The Balaban J connectivity index is 2.57. The van der Waals surface area contributed by atoms with Gasteiger partial charge in [0.15, 0.2) is 0 Å². The highest BCUT2D eigenvalue weighted by atomic mass is 32.2. The zero-order valence-corrected chi connectivity index (χ0v) is 9.95. The molecule has 1 atom stereocenters. The van der Waals surface area contributed by atoms with Crippen molar-refractivity contribution in [3.8, 4) is 0 Å². The van der Waals surface area contributed by atoms with Crippen molar-refractivity contribution in [1.29, 1.82) is 0 Å². The molecule has 14 heavy (non-hydrogen) atoms. The van der Waals surface area contributed by atoms with Gasteiger partial charge in [-0.1, -0.05) is 0 Å². The van der Waals surface area contributed by atoms with E-state index >= 15 is 0 Å². The van der Waals surface area contributed by atoms with E-state index < -0.39 is 10.0 Å². The fourth-order valence-corrected chi connectivity index (χ4v) is 3.13. The lowest BCUT2D eigenvalue weighted by molar-refractivity contribution is 0.247. The van der Waals surface area contributed by atoms with Crippen LogP contribution < -0.4 is 10.0 Å². The maximum Gasteiger partial charge on any atom is 0.215 e. The molecule has 0 aromatic rings. The van der Waals surface area contributed by atoms with E-state index in [1.165, 1.54) is 0 Å². The molecule has 1 rings (SSSR count). The molecule has 5 heteroatoms. The molecule has 2 N–H and O–H groups in total. The van der Waals surface area contributed by atoms with Gasteiger partial charge in [-0.15, -0.1) is 0 Å². The van der Waals surface area contributed by atoms with Gasteiger partial charge in [-0.25, -0.2) is 13.1 Å². The zero-order valence-electron chi connectivity index (χ0n) is 9.13. The normalized spacial score (nSPS) is 22.8. The molecule has 0 bridgehead atoms. The number of rotatable bonds is 5. The third-order valence-electron chi connectivity index (χ3n) is 2.87. The molecule has 1 unspecified atom stereocenters. The minimum atomic E-state index is -3.15. The molecule has 0 aliphatic heterocycles. The molecular weight excluding hydrogens is 200 g/mol. The highest BCUT2D eigenvalue weighted by Gasteiger charge is 2.37. The molecule has 84 valence electrons. The van der Waals surface area contributed by atoms with Gasteiger partial charge >= 0.3 is 0 Å². The highest BCUT2D eigenvalue weighted by Crippen LogP contribution is 2.31. The van der Waals surface area contributed by atoms with Gasteiger partial charge in [0, 0.05) is 12.1 Å². The predicted molar refractivity (Wildman–Crippen MR) is 57.7 cm³/mol. The van der Waals surface area contributed by atoms with Gasteiger partial charge in [0.05, 0.1) is 5.25 Å². The maximum atomic E-state index is 11.8. The fourth-order valence-electron chi connectivity index (χ4n) is 1.65. The van der Waals surface area contributed by atoms with Crippen molar-refractivity contribution in [2.24, 2.45) is 0 Å². The first-order valence-electron chi connectivity index (χ1n) is 5.07. The second-order valence-corrected chi connectivity index (χ2v) is 6.53. The predicted octanol–water partition coefficient (Wildman–Crippen LogP) is 0.456. The van der Waals surface area contributed by atoms with Crippen molar-refractivity contribution >= 4 is 10.0 Å². The Hall–Kier alpha value is -0.130. The summed E-state index contributed by atoms with van der Waals surface area (Å²) in [6.45, 7) is 4.19. The van der Waals surface area contributed by atoms with Crippen LogP contribution in [0.3, 0.4) is 0 Å². The zero-order chi connectivity index (χ0) is 10.8. The Morgan fingerprint density at radius 1 is 1.43 bits per heavy atom. The smallest absolute Gasteiger partial charge is 0.215 e. The number of nitrogens with one attached hydrogen (secondary N) is 2. The molecule has 0 saturated heterocycles.